The largest absolute Gasteiger partial charge is 0.478 e. The van der Waals surface area contributed by atoms with Gasteiger partial charge < -0.3 is 14.9 Å². The Hall–Kier alpha value is -2.43. The summed E-state index contributed by atoms with van der Waals surface area (Å²) in [5.74, 6) is -0.169. The molecule has 2 N–H and O–H groups in total. The molecule has 0 aliphatic carbocycles. The van der Waals surface area contributed by atoms with E-state index in [1.165, 1.54) is 0 Å². The van der Waals surface area contributed by atoms with Gasteiger partial charge in [-0.25, -0.2) is 4.79 Å². The van der Waals surface area contributed by atoms with Crippen LogP contribution in [0.3, 0.4) is 0 Å². The average Bonchev–Trinajstić information content (AvgIpc) is 3.36. The maximum Gasteiger partial charge on any atom is 0.335 e. The van der Waals surface area contributed by atoms with E-state index < -0.39 is 12.1 Å². The highest BCUT2D eigenvalue weighted by Gasteiger charge is 2.47. The third-order valence-corrected chi connectivity index (χ3v) is 6.77. The van der Waals surface area contributed by atoms with Gasteiger partial charge in [-0.3, -0.25) is 0 Å². The predicted molar refractivity (Wildman–Crippen MR) is 117 cm³/mol. The van der Waals surface area contributed by atoms with E-state index in [0.29, 0.717) is 11.5 Å². The molecule has 0 radical (unpaired) electrons. The first-order valence-corrected chi connectivity index (χ1v) is 11.0. The molecular weight excluding hydrogens is 376 g/mol. The van der Waals surface area contributed by atoms with Gasteiger partial charge in [-0.15, -0.1) is 0 Å². The molecule has 2 bridgehead atoms. The molecule has 2 aliphatic rings. The molecule has 0 aromatic heterocycles. The molecule has 2 heterocycles. The summed E-state index contributed by atoms with van der Waals surface area (Å²) in [5.41, 5.74) is 2.61. The van der Waals surface area contributed by atoms with E-state index in [1.807, 2.05) is 36.4 Å². The van der Waals surface area contributed by atoms with E-state index in [1.54, 1.807) is 12.1 Å². The van der Waals surface area contributed by atoms with E-state index >= 15 is 0 Å². The van der Waals surface area contributed by atoms with Gasteiger partial charge in [0.1, 0.15) is 0 Å². The smallest absolute Gasteiger partial charge is 0.335 e. The van der Waals surface area contributed by atoms with Crippen molar-refractivity contribution in [2.75, 3.05) is 0 Å². The topological polar surface area (TPSA) is 66.8 Å². The van der Waals surface area contributed by atoms with Gasteiger partial charge in [0.25, 0.3) is 0 Å². The molecule has 6 atom stereocenters. The van der Waals surface area contributed by atoms with Crippen LogP contribution >= 0.6 is 0 Å². The van der Waals surface area contributed by atoms with Crippen LogP contribution in [-0.2, 0) is 11.2 Å². The second-order valence-electron chi connectivity index (χ2n) is 8.54. The molecule has 4 rings (SSSR count). The van der Waals surface area contributed by atoms with Gasteiger partial charge in [-0.1, -0.05) is 61.5 Å². The van der Waals surface area contributed by atoms with Crippen LogP contribution in [0.2, 0.25) is 0 Å². The van der Waals surface area contributed by atoms with Crippen molar-refractivity contribution >= 4 is 5.97 Å². The molecule has 0 spiro atoms. The minimum absolute atomic E-state index is 0.0870. The van der Waals surface area contributed by atoms with Crippen molar-refractivity contribution < 1.29 is 19.7 Å². The predicted octanol–water partition coefficient (Wildman–Crippen LogP) is 4.83. The van der Waals surface area contributed by atoms with Crippen LogP contribution in [0.1, 0.15) is 53.6 Å². The molecule has 4 nitrogen and oxygen atoms in total. The Labute approximate surface area is 178 Å². The average molecular weight is 407 g/mol. The number of hydrogen-bond acceptors (Lipinski definition) is 3. The zero-order valence-corrected chi connectivity index (χ0v) is 17.4. The van der Waals surface area contributed by atoms with Gasteiger partial charge in [0.05, 0.1) is 23.9 Å². The number of carbonyl (C=O) groups is 1. The zero-order chi connectivity index (χ0) is 21.1. The summed E-state index contributed by atoms with van der Waals surface area (Å²) in [6, 6.07) is 17.4. The maximum atomic E-state index is 11.1. The first kappa shape index (κ1) is 20.8. The van der Waals surface area contributed by atoms with E-state index in [0.717, 1.165) is 36.8 Å². The van der Waals surface area contributed by atoms with Crippen LogP contribution in [0, 0.1) is 11.8 Å². The minimum atomic E-state index is -0.900. The minimum Gasteiger partial charge on any atom is -0.478 e. The number of hydrogen-bond donors (Lipinski definition) is 2. The second-order valence-corrected chi connectivity index (χ2v) is 8.54. The van der Waals surface area contributed by atoms with Gasteiger partial charge in [0.15, 0.2) is 0 Å². The first-order valence-electron chi connectivity index (χ1n) is 11.0. The van der Waals surface area contributed by atoms with Crippen molar-refractivity contribution in [2.45, 2.75) is 56.8 Å². The van der Waals surface area contributed by atoms with Crippen LogP contribution in [0.5, 0.6) is 0 Å². The third kappa shape index (κ3) is 4.35. The number of aliphatic hydroxyl groups excluding tert-OH is 1. The summed E-state index contributed by atoms with van der Waals surface area (Å²) < 4.78 is 6.21. The normalized spacial score (nSPS) is 27.4. The van der Waals surface area contributed by atoms with Crippen molar-refractivity contribution in [3.63, 3.8) is 0 Å². The van der Waals surface area contributed by atoms with Crippen LogP contribution in [-0.4, -0.2) is 34.5 Å². The molecule has 2 aliphatic heterocycles. The molecular formula is C26H30O4. The number of aliphatic hydroxyl groups is 1. The van der Waals surface area contributed by atoms with Crippen molar-refractivity contribution in [2.24, 2.45) is 11.8 Å². The van der Waals surface area contributed by atoms with Gasteiger partial charge >= 0.3 is 5.97 Å². The number of ether oxygens (including phenoxy) is 1. The monoisotopic (exact) mass is 406 g/mol. The highest BCUT2D eigenvalue weighted by atomic mass is 16.5. The molecule has 6 unspecified atom stereocenters. The number of fused-ring (bicyclic) bond motifs is 2. The van der Waals surface area contributed by atoms with E-state index in [4.69, 9.17) is 9.84 Å². The van der Waals surface area contributed by atoms with Gasteiger partial charge in [-0.2, -0.15) is 0 Å². The van der Waals surface area contributed by atoms with Gasteiger partial charge in [0, 0.05) is 11.8 Å². The SMILES string of the molecule is CCC(c1ccccc1)C(O)/C=C\C1C2CCC(O2)C1Cc1ccc(C(=O)O)cc1. The van der Waals surface area contributed by atoms with Crippen LogP contribution in [0.15, 0.2) is 66.7 Å². The number of rotatable bonds is 8. The molecule has 2 fully saturated rings. The fourth-order valence-corrected chi connectivity index (χ4v) is 5.15. The highest BCUT2D eigenvalue weighted by molar-refractivity contribution is 5.87. The summed E-state index contributed by atoms with van der Waals surface area (Å²) in [5, 5.41) is 20.0. The number of benzene rings is 2. The quantitative estimate of drug-likeness (QED) is 0.616. The Morgan fingerprint density at radius 1 is 1.10 bits per heavy atom. The van der Waals surface area contributed by atoms with Crippen molar-refractivity contribution in [3.8, 4) is 0 Å². The Kier molecular flexibility index (Phi) is 6.35. The summed E-state index contributed by atoms with van der Waals surface area (Å²) >= 11 is 0. The third-order valence-electron chi connectivity index (χ3n) is 6.77. The Morgan fingerprint density at radius 2 is 1.80 bits per heavy atom. The molecule has 2 saturated heterocycles. The fraction of sp³-hybridized carbons (Fsp3) is 0.423. The Morgan fingerprint density at radius 3 is 2.47 bits per heavy atom. The number of aromatic carboxylic acids is 1. The molecule has 2 aromatic rings. The fourth-order valence-electron chi connectivity index (χ4n) is 5.15. The highest BCUT2D eigenvalue weighted by Crippen LogP contribution is 2.45. The standard InChI is InChI=1S/C26H30O4/c1-2-20(18-6-4-3-5-7-18)23(27)13-12-21-22(25-15-14-24(21)30-25)16-17-8-10-19(11-9-17)26(28)29/h3-13,20-25,27H,2,14-16H2,1H3,(H,28,29)/b13-12-. The van der Waals surface area contributed by atoms with Crippen LogP contribution < -0.4 is 0 Å². The molecule has 2 aromatic carbocycles. The summed E-state index contributed by atoms with van der Waals surface area (Å²) in [7, 11) is 0. The first-order chi connectivity index (χ1) is 14.6. The summed E-state index contributed by atoms with van der Waals surface area (Å²) in [6.07, 6.45) is 7.98. The van der Waals surface area contributed by atoms with E-state index in [2.05, 4.69) is 25.1 Å². The summed E-state index contributed by atoms with van der Waals surface area (Å²) in [4.78, 5) is 11.1. The van der Waals surface area contributed by atoms with Gasteiger partial charge in [-0.05, 0) is 54.9 Å². The zero-order valence-electron chi connectivity index (χ0n) is 17.4. The summed E-state index contributed by atoms with van der Waals surface area (Å²) in [6.45, 7) is 2.11. The van der Waals surface area contributed by atoms with Crippen LogP contribution in [0.25, 0.3) is 0 Å². The van der Waals surface area contributed by atoms with Crippen molar-refractivity contribution in [1.29, 1.82) is 0 Å². The second kappa shape index (κ2) is 9.15. The van der Waals surface area contributed by atoms with E-state index in [-0.39, 0.29) is 24.0 Å². The molecule has 4 heteroatoms. The van der Waals surface area contributed by atoms with E-state index in [9.17, 15) is 9.90 Å². The Bertz CT molecular complexity index is 874. The molecule has 30 heavy (non-hydrogen) atoms. The van der Waals surface area contributed by atoms with Crippen molar-refractivity contribution in [3.05, 3.63) is 83.4 Å². The molecule has 0 saturated carbocycles. The molecule has 0 amide bonds. The number of carboxylic acid groups (broad SMARTS) is 1. The lowest BCUT2D eigenvalue weighted by atomic mass is 9.75. The van der Waals surface area contributed by atoms with Gasteiger partial charge in [0.2, 0.25) is 0 Å². The Balaban J connectivity index is 1.47. The number of carboxylic acids is 1. The lowest BCUT2D eigenvalue weighted by Gasteiger charge is -2.27. The lowest BCUT2D eigenvalue weighted by molar-refractivity contribution is 0.0696. The molecule has 158 valence electrons. The maximum absolute atomic E-state index is 11.1. The van der Waals surface area contributed by atoms with Crippen molar-refractivity contribution in [1.82, 2.24) is 0 Å². The van der Waals surface area contributed by atoms with Crippen LogP contribution in [0.4, 0.5) is 0 Å². The lowest BCUT2D eigenvalue weighted by Crippen LogP contribution is -2.28.